The van der Waals surface area contributed by atoms with Crippen LogP contribution >= 0.6 is 0 Å². The van der Waals surface area contributed by atoms with E-state index in [0.29, 0.717) is 24.6 Å². The van der Waals surface area contributed by atoms with Gasteiger partial charge in [-0.2, -0.15) is 0 Å². The second kappa shape index (κ2) is 8.87. The van der Waals surface area contributed by atoms with Crippen molar-refractivity contribution in [2.75, 3.05) is 20.8 Å². The minimum Gasteiger partial charge on any atom is -0.497 e. The van der Waals surface area contributed by atoms with Crippen molar-refractivity contribution in [1.29, 1.82) is 0 Å². The fraction of sp³-hybridized carbons (Fsp3) is 0.250. The number of ether oxygens (including phenoxy) is 2. The summed E-state index contributed by atoms with van der Waals surface area (Å²) in [5.41, 5.74) is 1.50. The van der Waals surface area contributed by atoms with Gasteiger partial charge in [-0.25, -0.2) is 4.39 Å². The maximum atomic E-state index is 13.3. The third-order valence-corrected chi connectivity index (χ3v) is 3.80. The molecule has 0 fully saturated rings. The zero-order chi connectivity index (χ0) is 18.2. The fourth-order valence-corrected chi connectivity index (χ4v) is 2.44. The number of methoxy groups -OCH3 is 2. The average Bonchev–Trinajstić information content (AvgIpc) is 2.63. The largest absolute Gasteiger partial charge is 0.497 e. The van der Waals surface area contributed by atoms with E-state index in [1.54, 1.807) is 55.5 Å². The molecule has 0 spiro atoms. The lowest BCUT2D eigenvalue weighted by atomic mass is 10.1. The van der Waals surface area contributed by atoms with Crippen LogP contribution in [-0.2, 0) is 11.3 Å². The maximum Gasteiger partial charge on any atom is 0.246 e. The van der Waals surface area contributed by atoms with Crippen LogP contribution in [0, 0.1) is 5.82 Å². The normalized spacial score (nSPS) is 10.7. The summed E-state index contributed by atoms with van der Waals surface area (Å²) in [6.07, 6.45) is 3.18. The minimum absolute atomic E-state index is 0.156. The van der Waals surface area contributed by atoms with Crippen molar-refractivity contribution in [2.45, 2.75) is 13.5 Å². The number of nitrogens with zero attached hydrogens (tertiary/aromatic N) is 1. The number of hydrogen-bond acceptors (Lipinski definition) is 3. The fourth-order valence-electron chi connectivity index (χ4n) is 2.44. The summed E-state index contributed by atoms with van der Waals surface area (Å²) in [6.45, 7) is 2.76. The lowest BCUT2D eigenvalue weighted by molar-refractivity contribution is -0.126. The molecule has 132 valence electrons. The molecule has 0 radical (unpaired) electrons. The summed E-state index contributed by atoms with van der Waals surface area (Å²) in [5, 5.41) is 0. The van der Waals surface area contributed by atoms with Gasteiger partial charge in [-0.3, -0.25) is 4.79 Å². The van der Waals surface area contributed by atoms with Crippen molar-refractivity contribution in [2.24, 2.45) is 0 Å². The molecular formula is C20H22FNO3. The third-order valence-electron chi connectivity index (χ3n) is 3.80. The van der Waals surface area contributed by atoms with E-state index in [0.717, 1.165) is 11.1 Å². The first kappa shape index (κ1) is 18.5. The Balaban J connectivity index is 2.14. The molecule has 1 amide bonds. The van der Waals surface area contributed by atoms with Crippen molar-refractivity contribution in [3.63, 3.8) is 0 Å². The molecule has 0 aliphatic carbocycles. The molecule has 2 aromatic rings. The first-order valence-electron chi connectivity index (χ1n) is 8.00. The van der Waals surface area contributed by atoms with Gasteiger partial charge in [-0.1, -0.05) is 12.1 Å². The van der Waals surface area contributed by atoms with Gasteiger partial charge in [0.1, 0.15) is 17.3 Å². The van der Waals surface area contributed by atoms with E-state index in [4.69, 9.17) is 9.47 Å². The number of hydrogen-bond donors (Lipinski definition) is 0. The summed E-state index contributed by atoms with van der Waals surface area (Å²) in [5.74, 6) is 0.868. The molecule has 0 aromatic heterocycles. The highest BCUT2D eigenvalue weighted by molar-refractivity contribution is 5.92. The lowest BCUT2D eigenvalue weighted by Crippen LogP contribution is -2.28. The van der Waals surface area contributed by atoms with Crippen molar-refractivity contribution in [3.05, 3.63) is 65.5 Å². The maximum absolute atomic E-state index is 13.3. The molecule has 0 aliphatic heterocycles. The van der Waals surface area contributed by atoms with E-state index >= 15 is 0 Å². The van der Waals surface area contributed by atoms with E-state index in [-0.39, 0.29) is 11.7 Å². The molecule has 0 saturated heterocycles. The van der Waals surface area contributed by atoms with Gasteiger partial charge in [0, 0.05) is 24.7 Å². The summed E-state index contributed by atoms with van der Waals surface area (Å²) in [6, 6.07) is 11.6. The quantitative estimate of drug-likeness (QED) is 0.716. The van der Waals surface area contributed by atoms with Crippen LogP contribution < -0.4 is 9.47 Å². The Kier molecular flexibility index (Phi) is 6.57. The Labute approximate surface area is 147 Å². The number of amides is 1. The molecule has 2 rings (SSSR count). The molecule has 0 saturated carbocycles. The van der Waals surface area contributed by atoms with E-state index in [1.165, 1.54) is 18.2 Å². The van der Waals surface area contributed by atoms with Gasteiger partial charge >= 0.3 is 0 Å². The number of halogens is 1. The number of carbonyl (C=O) groups is 1. The molecule has 0 N–H and O–H groups in total. The monoisotopic (exact) mass is 343 g/mol. The van der Waals surface area contributed by atoms with Crippen LogP contribution in [0.5, 0.6) is 11.5 Å². The van der Waals surface area contributed by atoms with Crippen molar-refractivity contribution >= 4 is 12.0 Å². The van der Waals surface area contributed by atoms with E-state index < -0.39 is 0 Å². The average molecular weight is 343 g/mol. The molecule has 0 aliphatic rings. The zero-order valence-electron chi connectivity index (χ0n) is 14.7. The Hall–Kier alpha value is -2.82. The first-order valence-corrected chi connectivity index (χ1v) is 8.00. The Morgan fingerprint density at radius 3 is 2.60 bits per heavy atom. The van der Waals surface area contributed by atoms with Gasteiger partial charge in [-0.05, 0) is 48.9 Å². The highest BCUT2D eigenvalue weighted by Gasteiger charge is 2.10. The van der Waals surface area contributed by atoms with Crippen LogP contribution in [0.4, 0.5) is 4.39 Å². The van der Waals surface area contributed by atoms with Gasteiger partial charge in [0.05, 0.1) is 14.2 Å². The smallest absolute Gasteiger partial charge is 0.246 e. The number of likely N-dealkylation sites (N-methyl/N-ethyl adjacent to an activating group) is 1. The predicted octanol–water partition coefficient (Wildman–Crippen LogP) is 3.90. The van der Waals surface area contributed by atoms with Gasteiger partial charge < -0.3 is 14.4 Å². The van der Waals surface area contributed by atoms with Gasteiger partial charge in [0.25, 0.3) is 0 Å². The molecule has 2 aromatic carbocycles. The zero-order valence-corrected chi connectivity index (χ0v) is 14.7. The van der Waals surface area contributed by atoms with Crippen molar-refractivity contribution < 1.29 is 18.7 Å². The first-order chi connectivity index (χ1) is 12.1. The topological polar surface area (TPSA) is 38.8 Å². The summed E-state index contributed by atoms with van der Waals surface area (Å²) in [7, 11) is 3.15. The number of rotatable bonds is 7. The van der Waals surface area contributed by atoms with Crippen molar-refractivity contribution in [3.8, 4) is 11.5 Å². The summed E-state index contributed by atoms with van der Waals surface area (Å²) >= 11 is 0. The molecule has 0 heterocycles. The van der Waals surface area contributed by atoms with Gasteiger partial charge in [0.2, 0.25) is 5.91 Å². The Morgan fingerprint density at radius 1 is 1.16 bits per heavy atom. The van der Waals surface area contributed by atoms with Crippen LogP contribution in [0.3, 0.4) is 0 Å². The van der Waals surface area contributed by atoms with E-state index in [9.17, 15) is 9.18 Å². The molecule has 5 heteroatoms. The van der Waals surface area contributed by atoms with Gasteiger partial charge in [-0.15, -0.1) is 0 Å². The van der Waals surface area contributed by atoms with Crippen LogP contribution in [0.25, 0.3) is 6.08 Å². The molecule has 0 bridgehead atoms. The predicted molar refractivity (Wildman–Crippen MR) is 96.1 cm³/mol. The van der Waals surface area contributed by atoms with Crippen LogP contribution in [0.1, 0.15) is 18.1 Å². The van der Waals surface area contributed by atoms with Crippen LogP contribution in [-0.4, -0.2) is 31.6 Å². The Bertz CT molecular complexity index is 758. The number of carbonyl (C=O) groups excluding carboxylic acids is 1. The minimum atomic E-state index is -0.308. The lowest BCUT2D eigenvalue weighted by Gasteiger charge is -2.19. The van der Waals surface area contributed by atoms with Gasteiger partial charge in [0.15, 0.2) is 0 Å². The number of benzene rings is 2. The molecule has 0 unspecified atom stereocenters. The molecule has 25 heavy (non-hydrogen) atoms. The van der Waals surface area contributed by atoms with Crippen molar-refractivity contribution in [1.82, 2.24) is 4.90 Å². The second-order valence-corrected chi connectivity index (χ2v) is 5.42. The highest BCUT2D eigenvalue weighted by atomic mass is 19.1. The standard InChI is InChI=1S/C20H22FNO3/c1-4-22(14-15-6-5-7-17(21)12-15)20(23)11-8-16-13-18(24-2)9-10-19(16)25-3/h5-13H,4,14H2,1-3H3/b11-8+. The SMILES string of the molecule is CCN(Cc1cccc(F)c1)C(=O)/C=C/c1cc(OC)ccc1OC. The van der Waals surface area contributed by atoms with E-state index in [2.05, 4.69) is 0 Å². The summed E-state index contributed by atoms with van der Waals surface area (Å²) < 4.78 is 23.8. The molecular weight excluding hydrogens is 321 g/mol. The summed E-state index contributed by atoms with van der Waals surface area (Å²) in [4.78, 5) is 14.1. The Morgan fingerprint density at radius 2 is 1.96 bits per heavy atom. The molecule has 4 nitrogen and oxygen atoms in total. The molecule has 0 atom stereocenters. The second-order valence-electron chi connectivity index (χ2n) is 5.42. The van der Waals surface area contributed by atoms with Crippen LogP contribution in [0.15, 0.2) is 48.5 Å². The third kappa shape index (κ3) is 5.08. The highest BCUT2D eigenvalue weighted by Crippen LogP contribution is 2.25. The van der Waals surface area contributed by atoms with E-state index in [1.807, 2.05) is 6.92 Å². The van der Waals surface area contributed by atoms with Crippen LogP contribution in [0.2, 0.25) is 0 Å².